The van der Waals surface area contributed by atoms with Gasteiger partial charge in [0.1, 0.15) is 5.60 Å². The van der Waals surface area contributed by atoms with E-state index in [0.29, 0.717) is 25.7 Å². The Kier molecular flexibility index (Phi) is 6.71. The van der Waals surface area contributed by atoms with Gasteiger partial charge in [-0.2, -0.15) is 0 Å². The average molecular weight is 288 g/mol. The highest BCUT2D eigenvalue weighted by Crippen LogP contribution is 2.15. The molecule has 118 valence electrons. The number of piperidine rings is 1. The zero-order valence-electron chi connectivity index (χ0n) is 13.0. The molecule has 1 fully saturated rings. The molecule has 1 rings (SSSR count). The quantitative estimate of drug-likeness (QED) is 0.789. The Morgan fingerprint density at radius 2 is 2.00 bits per heavy atom. The first-order chi connectivity index (χ1) is 9.35. The van der Waals surface area contributed by atoms with Crippen LogP contribution in [-0.4, -0.2) is 67.2 Å². The van der Waals surface area contributed by atoms with Gasteiger partial charge in [-0.15, -0.1) is 0 Å². The number of nitrogens with zero attached hydrogens (tertiary/aromatic N) is 1. The van der Waals surface area contributed by atoms with E-state index in [1.807, 2.05) is 20.8 Å². The summed E-state index contributed by atoms with van der Waals surface area (Å²) in [5.41, 5.74) is -0.452. The molecule has 1 aliphatic heterocycles. The Morgan fingerprint density at radius 3 is 2.45 bits per heavy atom. The molecule has 1 heterocycles. The molecule has 0 bridgehead atoms. The van der Waals surface area contributed by atoms with Crippen LogP contribution in [0.3, 0.4) is 0 Å². The number of aliphatic hydroxyl groups is 1. The van der Waals surface area contributed by atoms with Crippen LogP contribution >= 0.6 is 0 Å². The van der Waals surface area contributed by atoms with Gasteiger partial charge >= 0.3 is 6.09 Å². The molecule has 1 amide bonds. The van der Waals surface area contributed by atoms with Gasteiger partial charge in [0, 0.05) is 26.2 Å². The predicted octanol–water partition coefficient (Wildman–Crippen LogP) is 0.983. The fourth-order valence-electron chi connectivity index (χ4n) is 2.24. The minimum atomic E-state index is -0.452. The van der Waals surface area contributed by atoms with E-state index in [2.05, 4.69) is 5.32 Å². The number of hydrogen-bond acceptors (Lipinski definition) is 5. The third-order valence-corrected chi connectivity index (χ3v) is 3.21. The number of methoxy groups -OCH3 is 1. The lowest BCUT2D eigenvalue weighted by molar-refractivity contribution is 0.0187. The Labute approximate surface area is 121 Å². The van der Waals surface area contributed by atoms with E-state index >= 15 is 0 Å². The maximum Gasteiger partial charge on any atom is 0.410 e. The number of rotatable bonds is 5. The third-order valence-electron chi connectivity index (χ3n) is 3.21. The summed E-state index contributed by atoms with van der Waals surface area (Å²) in [5, 5.41) is 12.6. The minimum Gasteiger partial charge on any atom is -0.444 e. The van der Waals surface area contributed by atoms with Crippen molar-refractivity contribution >= 4 is 6.09 Å². The van der Waals surface area contributed by atoms with Crippen molar-refractivity contribution in [3.8, 4) is 0 Å². The first kappa shape index (κ1) is 17.2. The summed E-state index contributed by atoms with van der Waals surface area (Å²) in [6, 6.07) is 0.263. The second-order valence-electron chi connectivity index (χ2n) is 6.24. The molecule has 0 saturated carbocycles. The highest BCUT2D eigenvalue weighted by molar-refractivity contribution is 5.68. The molecule has 0 aromatic rings. The molecular weight excluding hydrogens is 260 g/mol. The third kappa shape index (κ3) is 6.07. The van der Waals surface area contributed by atoms with Gasteiger partial charge in [-0.1, -0.05) is 0 Å². The molecule has 1 aliphatic rings. The Bertz CT molecular complexity index is 296. The van der Waals surface area contributed by atoms with Gasteiger partial charge < -0.3 is 24.8 Å². The molecule has 1 atom stereocenters. The van der Waals surface area contributed by atoms with Crippen molar-refractivity contribution < 1.29 is 19.4 Å². The smallest absolute Gasteiger partial charge is 0.410 e. The van der Waals surface area contributed by atoms with Crippen molar-refractivity contribution in [1.29, 1.82) is 0 Å². The minimum absolute atomic E-state index is 0.0434. The molecule has 0 spiro atoms. The van der Waals surface area contributed by atoms with Crippen molar-refractivity contribution in [3.05, 3.63) is 0 Å². The summed E-state index contributed by atoms with van der Waals surface area (Å²) in [6.45, 7) is 7.51. The van der Waals surface area contributed by atoms with Crippen molar-refractivity contribution in [2.45, 2.75) is 51.3 Å². The second-order valence-corrected chi connectivity index (χ2v) is 6.24. The number of amides is 1. The number of likely N-dealkylation sites (tertiary alicyclic amines) is 1. The van der Waals surface area contributed by atoms with E-state index in [0.717, 1.165) is 12.8 Å². The number of nitrogens with one attached hydrogen (secondary N) is 1. The van der Waals surface area contributed by atoms with E-state index < -0.39 is 5.60 Å². The van der Waals surface area contributed by atoms with E-state index in [-0.39, 0.29) is 18.7 Å². The Balaban J connectivity index is 2.34. The van der Waals surface area contributed by atoms with Crippen LogP contribution < -0.4 is 5.32 Å². The summed E-state index contributed by atoms with van der Waals surface area (Å²) in [7, 11) is 1.62. The van der Waals surface area contributed by atoms with Crippen molar-refractivity contribution in [2.24, 2.45) is 0 Å². The highest BCUT2D eigenvalue weighted by atomic mass is 16.6. The van der Waals surface area contributed by atoms with E-state index in [1.165, 1.54) is 0 Å². The van der Waals surface area contributed by atoms with Crippen LogP contribution in [0.25, 0.3) is 0 Å². The fourth-order valence-corrected chi connectivity index (χ4v) is 2.24. The first-order valence-electron chi connectivity index (χ1n) is 7.19. The van der Waals surface area contributed by atoms with Gasteiger partial charge in [-0.05, 0) is 33.6 Å². The van der Waals surface area contributed by atoms with Crippen molar-refractivity contribution in [2.75, 3.05) is 33.4 Å². The summed E-state index contributed by atoms with van der Waals surface area (Å²) >= 11 is 0. The molecule has 20 heavy (non-hydrogen) atoms. The highest BCUT2D eigenvalue weighted by Gasteiger charge is 2.27. The van der Waals surface area contributed by atoms with E-state index in [1.54, 1.807) is 12.0 Å². The summed E-state index contributed by atoms with van der Waals surface area (Å²) in [5.74, 6) is 0. The first-order valence-corrected chi connectivity index (χ1v) is 7.19. The molecule has 0 aromatic heterocycles. The lowest BCUT2D eigenvalue weighted by atomic mass is 10.0. The maximum absolute atomic E-state index is 11.9. The van der Waals surface area contributed by atoms with Gasteiger partial charge in [0.2, 0.25) is 0 Å². The molecular formula is C14H28N2O4. The lowest BCUT2D eigenvalue weighted by Crippen LogP contribution is -2.50. The van der Waals surface area contributed by atoms with Crippen LogP contribution in [0.4, 0.5) is 4.79 Å². The summed E-state index contributed by atoms with van der Waals surface area (Å²) in [6.07, 6.45) is 1.48. The van der Waals surface area contributed by atoms with Crippen LogP contribution in [0, 0.1) is 0 Å². The Morgan fingerprint density at radius 1 is 1.40 bits per heavy atom. The van der Waals surface area contributed by atoms with Crippen LogP contribution in [0.2, 0.25) is 0 Å². The molecule has 2 N–H and O–H groups in total. The van der Waals surface area contributed by atoms with Crippen LogP contribution in [0.5, 0.6) is 0 Å². The van der Waals surface area contributed by atoms with Gasteiger partial charge in [0.05, 0.1) is 19.3 Å². The average Bonchev–Trinajstić information content (AvgIpc) is 2.37. The van der Waals surface area contributed by atoms with Crippen molar-refractivity contribution in [1.82, 2.24) is 10.2 Å². The van der Waals surface area contributed by atoms with Gasteiger partial charge in [0.15, 0.2) is 0 Å². The maximum atomic E-state index is 11.9. The molecule has 0 radical (unpaired) electrons. The molecule has 6 heteroatoms. The Hall–Kier alpha value is -0.850. The van der Waals surface area contributed by atoms with Crippen LogP contribution in [-0.2, 0) is 9.47 Å². The standard InChI is InChI=1S/C14H28N2O4/c1-14(2,3)20-13(18)16-7-5-11(6-8-16)15-12(9-17)10-19-4/h11-12,15,17H,5-10H2,1-4H3. The topological polar surface area (TPSA) is 71.0 Å². The summed E-state index contributed by atoms with van der Waals surface area (Å²) < 4.78 is 10.4. The van der Waals surface area contributed by atoms with Gasteiger partial charge in [-0.25, -0.2) is 4.79 Å². The number of aliphatic hydroxyl groups excluding tert-OH is 1. The largest absolute Gasteiger partial charge is 0.444 e. The molecule has 1 unspecified atom stereocenters. The predicted molar refractivity (Wildman–Crippen MR) is 76.7 cm³/mol. The molecule has 0 aliphatic carbocycles. The monoisotopic (exact) mass is 288 g/mol. The normalized spacial score (nSPS) is 18.9. The fraction of sp³-hybridized carbons (Fsp3) is 0.929. The van der Waals surface area contributed by atoms with Crippen LogP contribution in [0.15, 0.2) is 0 Å². The van der Waals surface area contributed by atoms with Gasteiger partial charge in [0.25, 0.3) is 0 Å². The van der Waals surface area contributed by atoms with Crippen molar-refractivity contribution in [3.63, 3.8) is 0 Å². The SMILES string of the molecule is COCC(CO)NC1CCN(C(=O)OC(C)(C)C)CC1. The number of hydrogen-bond donors (Lipinski definition) is 2. The number of ether oxygens (including phenoxy) is 2. The van der Waals surface area contributed by atoms with E-state index in [9.17, 15) is 9.90 Å². The number of carbonyl (C=O) groups excluding carboxylic acids is 1. The number of carbonyl (C=O) groups is 1. The van der Waals surface area contributed by atoms with Gasteiger partial charge in [-0.3, -0.25) is 0 Å². The second kappa shape index (κ2) is 7.81. The molecule has 0 aromatic carbocycles. The van der Waals surface area contributed by atoms with E-state index in [4.69, 9.17) is 9.47 Å². The van der Waals surface area contributed by atoms with Crippen LogP contribution in [0.1, 0.15) is 33.6 Å². The zero-order chi connectivity index (χ0) is 15.2. The lowest BCUT2D eigenvalue weighted by Gasteiger charge is -2.35. The molecule has 6 nitrogen and oxygen atoms in total. The summed E-state index contributed by atoms with van der Waals surface area (Å²) in [4.78, 5) is 13.7. The molecule has 1 saturated heterocycles. The zero-order valence-corrected chi connectivity index (χ0v) is 13.0.